The van der Waals surface area contributed by atoms with Crippen LogP contribution in [0.4, 0.5) is 10.5 Å². The van der Waals surface area contributed by atoms with E-state index in [1.165, 1.54) is 19.3 Å². The number of imide groups is 1. The fourth-order valence-electron chi connectivity index (χ4n) is 2.92. The van der Waals surface area contributed by atoms with Crippen LogP contribution in [-0.4, -0.2) is 40.7 Å². The summed E-state index contributed by atoms with van der Waals surface area (Å²) < 4.78 is 4.98. The van der Waals surface area contributed by atoms with Gasteiger partial charge < -0.3 is 15.2 Å². The van der Waals surface area contributed by atoms with Crippen LogP contribution in [0.15, 0.2) is 41.3 Å². The molecule has 1 saturated heterocycles. The van der Waals surface area contributed by atoms with E-state index in [1.807, 2.05) is 32.0 Å². The molecule has 1 aliphatic heterocycles. The van der Waals surface area contributed by atoms with Gasteiger partial charge in [0, 0.05) is 5.69 Å². The van der Waals surface area contributed by atoms with Crippen LogP contribution in [0.1, 0.15) is 16.7 Å². The molecule has 150 valence electrons. The van der Waals surface area contributed by atoms with Crippen molar-refractivity contribution in [1.29, 1.82) is 0 Å². The Hall–Kier alpha value is -3.26. The highest BCUT2D eigenvalue weighted by Crippen LogP contribution is 2.34. The van der Waals surface area contributed by atoms with Crippen molar-refractivity contribution in [2.24, 2.45) is 0 Å². The number of hydrogen-bond donors (Lipinski definition) is 2. The number of para-hydroxylation sites is 1. The molecule has 0 aromatic heterocycles. The van der Waals surface area contributed by atoms with E-state index in [0.29, 0.717) is 17.0 Å². The number of thioether (sulfide) groups is 1. The van der Waals surface area contributed by atoms with Gasteiger partial charge in [-0.05, 0) is 60.5 Å². The Kier molecular flexibility index (Phi) is 5.93. The summed E-state index contributed by atoms with van der Waals surface area (Å²) in [6.45, 7) is 3.37. The molecule has 2 aromatic rings. The Morgan fingerprint density at radius 3 is 2.52 bits per heavy atom. The average Bonchev–Trinajstić information content (AvgIpc) is 2.92. The SMILES string of the molecule is COc1ccc(/C=C2/SC(=O)N(CC(=O)Nc3c(C)cccc3C)C2=O)cc1O. The summed E-state index contributed by atoms with van der Waals surface area (Å²) in [7, 11) is 1.43. The molecular formula is C21H20N2O5S. The molecule has 3 rings (SSSR count). The molecule has 0 unspecified atom stereocenters. The first kappa shape index (κ1) is 20.5. The van der Waals surface area contributed by atoms with Crippen molar-refractivity contribution in [3.05, 3.63) is 58.0 Å². The Bertz CT molecular complexity index is 1010. The predicted molar refractivity (Wildman–Crippen MR) is 112 cm³/mol. The van der Waals surface area contributed by atoms with Crippen molar-refractivity contribution in [2.45, 2.75) is 13.8 Å². The van der Waals surface area contributed by atoms with Crippen molar-refractivity contribution in [1.82, 2.24) is 4.90 Å². The number of aromatic hydroxyl groups is 1. The summed E-state index contributed by atoms with van der Waals surface area (Å²) in [6.07, 6.45) is 1.49. The highest BCUT2D eigenvalue weighted by molar-refractivity contribution is 8.18. The van der Waals surface area contributed by atoms with Crippen LogP contribution >= 0.6 is 11.8 Å². The third-order valence-corrected chi connectivity index (χ3v) is 5.33. The second-order valence-corrected chi connectivity index (χ2v) is 7.51. The van der Waals surface area contributed by atoms with Crippen molar-refractivity contribution in [3.63, 3.8) is 0 Å². The van der Waals surface area contributed by atoms with Crippen molar-refractivity contribution < 1.29 is 24.2 Å². The van der Waals surface area contributed by atoms with E-state index in [2.05, 4.69) is 5.32 Å². The molecule has 0 saturated carbocycles. The minimum Gasteiger partial charge on any atom is -0.504 e. The van der Waals surface area contributed by atoms with Gasteiger partial charge in [-0.2, -0.15) is 0 Å². The highest BCUT2D eigenvalue weighted by atomic mass is 32.2. The lowest BCUT2D eigenvalue weighted by Gasteiger charge is -2.15. The van der Waals surface area contributed by atoms with Crippen LogP contribution in [0.5, 0.6) is 11.5 Å². The van der Waals surface area contributed by atoms with Gasteiger partial charge in [0.2, 0.25) is 5.91 Å². The van der Waals surface area contributed by atoms with E-state index in [4.69, 9.17) is 4.74 Å². The molecule has 1 aliphatic rings. The Labute approximate surface area is 172 Å². The molecule has 0 aliphatic carbocycles. The number of amides is 3. The Balaban J connectivity index is 1.73. The summed E-state index contributed by atoms with van der Waals surface area (Å²) in [5.74, 6) is -0.771. The number of methoxy groups -OCH3 is 1. The zero-order valence-electron chi connectivity index (χ0n) is 16.2. The molecule has 1 fully saturated rings. The number of benzene rings is 2. The van der Waals surface area contributed by atoms with Gasteiger partial charge in [-0.15, -0.1) is 0 Å². The molecule has 3 amide bonds. The fraction of sp³-hybridized carbons (Fsp3) is 0.190. The maximum absolute atomic E-state index is 12.6. The van der Waals surface area contributed by atoms with Gasteiger partial charge in [-0.25, -0.2) is 0 Å². The fourth-order valence-corrected chi connectivity index (χ4v) is 3.76. The van der Waals surface area contributed by atoms with Crippen molar-refractivity contribution in [3.8, 4) is 11.5 Å². The molecular weight excluding hydrogens is 392 g/mol. The second-order valence-electron chi connectivity index (χ2n) is 6.51. The number of anilines is 1. The van der Waals surface area contributed by atoms with Crippen molar-refractivity contribution in [2.75, 3.05) is 19.0 Å². The molecule has 2 aromatic carbocycles. The molecule has 29 heavy (non-hydrogen) atoms. The van der Waals surface area contributed by atoms with Gasteiger partial charge >= 0.3 is 0 Å². The largest absolute Gasteiger partial charge is 0.504 e. The number of phenols is 1. The summed E-state index contributed by atoms with van der Waals surface area (Å²) in [5.41, 5.74) is 3.00. The molecule has 0 spiro atoms. The van der Waals surface area contributed by atoms with E-state index in [-0.39, 0.29) is 17.2 Å². The quantitative estimate of drug-likeness (QED) is 0.727. The maximum atomic E-state index is 12.6. The van der Waals surface area contributed by atoms with Crippen LogP contribution in [0, 0.1) is 13.8 Å². The summed E-state index contributed by atoms with van der Waals surface area (Å²) in [5, 5.41) is 12.1. The number of ether oxygens (including phenoxy) is 1. The average molecular weight is 412 g/mol. The van der Waals surface area contributed by atoms with Crippen molar-refractivity contribution >= 4 is 40.6 Å². The van der Waals surface area contributed by atoms with Crippen LogP contribution in [0.3, 0.4) is 0 Å². The first-order valence-corrected chi connectivity index (χ1v) is 9.60. The number of carbonyl (C=O) groups excluding carboxylic acids is 3. The predicted octanol–water partition coefficient (Wildman–Crippen LogP) is 3.69. The monoisotopic (exact) mass is 412 g/mol. The minimum atomic E-state index is -0.549. The van der Waals surface area contributed by atoms with Gasteiger partial charge in [0.05, 0.1) is 12.0 Å². The normalized spacial score (nSPS) is 15.1. The number of nitrogens with zero attached hydrogens (tertiary/aromatic N) is 1. The first-order valence-electron chi connectivity index (χ1n) is 8.78. The number of hydrogen-bond acceptors (Lipinski definition) is 6. The van der Waals surface area contributed by atoms with E-state index < -0.39 is 17.1 Å². The number of aryl methyl sites for hydroxylation is 2. The van der Waals surface area contributed by atoms with Crippen LogP contribution < -0.4 is 10.1 Å². The summed E-state index contributed by atoms with van der Waals surface area (Å²) in [4.78, 5) is 38.3. The van der Waals surface area contributed by atoms with Crippen LogP contribution in [0.2, 0.25) is 0 Å². The van der Waals surface area contributed by atoms with E-state index in [9.17, 15) is 19.5 Å². The van der Waals surface area contributed by atoms with Gasteiger partial charge in [-0.3, -0.25) is 19.3 Å². The van der Waals surface area contributed by atoms with Gasteiger partial charge in [-0.1, -0.05) is 24.3 Å². The van der Waals surface area contributed by atoms with E-state index in [0.717, 1.165) is 27.8 Å². The first-order chi connectivity index (χ1) is 13.8. The number of phenolic OH excluding ortho intramolecular Hbond substituents is 1. The highest BCUT2D eigenvalue weighted by Gasteiger charge is 2.36. The smallest absolute Gasteiger partial charge is 0.294 e. The zero-order chi connectivity index (χ0) is 21.1. The number of carbonyl (C=O) groups is 3. The lowest BCUT2D eigenvalue weighted by atomic mass is 10.1. The number of nitrogens with one attached hydrogen (secondary N) is 1. The topological polar surface area (TPSA) is 95.9 Å². The lowest BCUT2D eigenvalue weighted by Crippen LogP contribution is -2.36. The number of rotatable bonds is 5. The molecule has 1 heterocycles. The Morgan fingerprint density at radius 2 is 1.90 bits per heavy atom. The maximum Gasteiger partial charge on any atom is 0.294 e. The second kappa shape index (κ2) is 8.40. The molecule has 0 atom stereocenters. The summed E-state index contributed by atoms with van der Waals surface area (Å²) in [6, 6.07) is 10.3. The third-order valence-electron chi connectivity index (χ3n) is 4.42. The third kappa shape index (κ3) is 4.43. The van der Waals surface area contributed by atoms with Crippen LogP contribution in [-0.2, 0) is 9.59 Å². The van der Waals surface area contributed by atoms with Crippen LogP contribution in [0.25, 0.3) is 6.08 Å². The molecule has 2 N–H and O–H groups in total. The summed E-state index contributed by atoms with van der Waals surface area (Å²) >= 11 is 0.753. The van der Waals surface area contributed by atoms with Gasteiger partial charge in [0.1, 0.15) is 6.54 Å². The van der Waals surface area contributed by atoms with E-state index >= 15 is 0 Å². The molecule has 8 heteroatoms. The van der Waals surface area contributed by atoms with Gasteiger partial charge in [0.25, 0.3) is 11.1 Å². The standard InChI is InChI=1S/C21H20N2O5S/c1-12-5-4-6-13(2)19(12)22-18(25)11-23-20(26)17(29-21(23)27)10-14-7-8-16(28-3)15(24)9-14/h4-10,24H,11H2,1-3H3,(H,22,25)/b17-10+. The van der Waals surface area contributed by atoms with E-state index in [1.54, 1.807) is 12.1 Å². The molecule has 0 bridgehead atoms. The zero-order valence-corrected chi connectivity index (χ0v) is 17.0. The molecule has 0 radical (unpaired) electrons. The lowest BCUT2D eigenvalue weighted by molar-refractivity contribution is -0.127. The van der Waals surface area contributed by atoms with Gasteiger partial charge in [0.15, 0.2) is 11.5 Å². The Morgan fingerprint density at radius 1 is 1.21 bits per heavy atom. The molecule has 7 nitrogen and oxygen atoms in total. The minimum absolute atomic E-state index is 0.0755.